The molecule has 0 bridgehead atoms. The van der Waals surface area contributed by atoms with Crippen LogP contribution in [0.2, 0.25) is 0 Å². The Morgan fingerprint density at radius 3 is 2.64 bits per heavy atom. The van der Waals surface area contributed by atoms with Crippen molar-refractivity contribution in [2.75, 3.05) is 5.73 Å². The highest BCUT2D eigenvalue weighted by Crippen LogP contribution is 2.00. The molecule has 0 spiro atoms. The van der Waals surface area contributed by atoms with Crippen molar-refractivity contribution >= 4 is 5.82 Å². The fraction of sp³-hybridized carbons (Fsp3) is 0.667. The van der Waals surface area contributed by atoms with E-state index < -0.39 is 0 Å². The number of rotatable bonds is 2. The fourth-order valence-electron chi connectivity index (χ4n) is 0.751. The second-order valence-electron chi connectivity index (χ2n) is 3.29. The van der Waals surface area contributed by atoms with E-state index in [4.69, 9.17) is 11.5 Å². The Kier molecular flexibility index (Phi) is 1.82. The second kappa shape index (κ2) is 2.50. The van der Waals surface area contributed by atoms with Crippen LogP contribution in [-0.4, -0.2) is 20.5 Å². The topological polar surface area (TPSA) is 82.8 Å². The summed E-state index contributed by atoms with van der Waals surface area (Å²) in [6.07, 6.45) is 1.51. The molecular weight excluding hydrogens is 142 g/mol. The Labute approximate surface area is 65.4 Å². The molecule has 0 aliphatic carbocycles. The summed E-state index contributed by atoms with van der Waals surface area (Å²) in [5.74, 6) is 0.425. The zero-order chi connectivity index (χ0) is 8.48. The first-order valence-electron chi connectivity index (χ1n) is 3.42. The van der Waals surface area contributed by atoms with Gasteiger partial charge in [0.05, 0.1) is 12.7 Å². The van der Waals surface area contributed by atoms with E-state index in [1.165, 1.54) is 11.0 Å². The number of nitrogens with two attached hydrogens (primary N) is 2. The number of anilines is 1. The molecular formula is C6H13N5. The van der Waals surface area contributed by atoms with Crippen LogP contribution in [0.25, 0.3) is 0 Å². The van der Waals surface area contributed by atoms with E-state index in [0.717, 1.165) is 0 Å². The minimum absolute atomic E-state index is 0.300. The third-order valence-corrected chi connectivity index (χ3v) is 1.10. The summed E-state index contributed by atoms with van der Waals surface area (Å²) < 4.78 is 0. The van der Waals surface area contributed by atoms with Gasteiger partial charge in [0.1, 0.15) is 0 Å². The van der Waals surface area contributed by atoms with E-state index in [9.17, 15) is 0 Å². The number of hydrogen-bond donors (Lipinski definition) is 2. The molecule has 0 amide bonds. The van der Waals surface area contributed by atoms with E-state index in [-0.39, 0.29) is 5.54 Å². The normalized spacial score (nSPS) is 11.9. The summed E-state index contributed by atoms with van der Waals surface area (Å²) in [6.45, 7) is 4.39. The standard InChI is InChI=1S/C6H13N5/c1-6(2,8)4-11-9-3-5(7)10-11/h3H,4,8H2,1-2H3,(H2,7,10). The Morgan fingerprint density at radius 2 is 2.27 bits per heavy atom. The molecule has 62 valence electrons. The molecule has 0 saturated heterocycles. The monoisotopic (exact) mass is 155 g/mol. The predicted molar refractivity (Wildman–Crippen MR) is 42.7 cm³/mol. The highest BCUT2D eigenvalue weighted by atomic mass is 15.5. The molecule has 0 aliphatic heterocycles. The van der Waals surface area contributed by atoms with Gasteiger partial charge in [0.2, 0.25) is 0 Å². The van der Waals surface area contributed by atoms with Crippen molar-refractivity contribution in [3.63, 3.8) is 0 Å². The summed E-state index contributed by atoms with van der Waals surface area (Å²) in [7, 11) is 0. The Bertz CT molecular complexity index is 233. The molecule has 0 saturated carbocycles. The van der Waals surface area contributed by atoms with E-state index in [1.54, 1.807) is 0 Å². The smallest absolute Gasteiger partial charge is 0.165 e. The molecule has 0 unspecified atom stereocenters. The second-order valence-corrected chi connectivity index (χ2v) is 3.29. The maximum absolute atomic E-state index is 5.74. The molecule has 0 fully saturated rings. The van der Waals surface area contributed by atoms with Crippen LogP contribution in [-0.2, 0) is 6.54 Å². The van der Waals surface area contributed by atoms with Crippen molar-refractivity contribution in [1.29, 1.82) is 0 Å². The SMILES string of the molecule is CC(C)(N)Cn1ncc(N)n1. The molecule has 0 atom stereocenters. The van der Waals surface area contributed by atoms with Gasteiger partial charge in [-0.1, -0.05) is 0 Å². The van der Waals surface area contributed by atoms with Crippen LogP contribution in [0.1, 0.15) is 13.8 Å². The van der Waals surface area contributed by atoms with E-state index in [2.05, 4.69) is 10.2 Å². The number of aromatic nitrogens is 3. The Balaban J connectivity index is 2.65. The van der Waals surface area contributed by atoms with Crippen molar-refractivity contribution in [2.45, 2.75) is 25.9 Å². The highest BCUT2D eigenvalue weighted by Gasteiger charge is 2.12. The lowest BCUT2D eigenvalue weighted by Crippen LogP contribution is -2.37. The molecule has 0 aromatic carbocycles. The largest absolute Gasteiger partial charge is 0.381 e. The van der Waals surface area contributed by atoms with Crippen LogP contribution in [0, 0.1) is 0 Å². The molecule has 0 aliphatic rings. The predicted octanol–water partition coefficient (Wildman–Crippen LogP) is -0.402. The first kappa shape index (κ1) is 8.00. The Hall–Kier alpha value is -1.10. The molecule has 1 aromatic heterocycles. The van der Waals surface area contributed by atoms with E-state index in [0.29, 0.717) is 12.4 Å². The summed E-state index contributed by atoms with van der Waals surface area (Å²) in [5, 5.41) is 7.80. The van der Waals surface area contributed by atoms with E-state index in [1.807, 2.05) is 13.8 Å². The Morgan fingerprint density at radius 1 is 1.64 bits per heavy atom. The van der Waals surface area contributed by atoms with Crippen molar-refractivity contribution < 1.29 is 0 Å². The first-order valence-corrected chi connectivity index (χ1v) is 3.42. The highest BCUT2D eigenvalue weighted by molar-refractivity contribution is 5.19. The molecule has 1 aromatic rings. The lowest BCUT2D eigenvalue weighted by atomic mass is 10.1. The van der Waals surface area contributed by atoms with Crippen LogP contribution in [0.3, 0.4) is 0 Å². The third kappa shape index (κ3) is 2.55. The van der Waals surface area contributed by atoms with Gasteiger partial charge in [-0.15, -0.1) is 5.10 Å². The van der Waals surface area contributed by atoms with Gasteiger partial charge in [-0.3, -0.25) is 0 Å². The van der Waals surface area contributed by atoms with Gasteiger partial charge in [0.15, 0.2) is 5.82 Å². The molecule has 5 heteroatoms. The average Bonchev–Trinajstić information content (AvgIpc) is 2.10. The van der Waals surface area contributed by atoms with Crippen LogP contribution >= 0.6 is 0 Å². The summed E-state index contributed by atoms with van der Waals surface area (Å²) in [5.41, 5.74) is 10.8. The van der Waals surface area contributed by atoms with Crippen LogP contribution in [0.5, 0.6) is 0 Å². The summed E-state index contributed by atoms with van der Waals surface area (Å²) >= 11 is 0. The van der Waals surface area contributed by atoms with Gasteiger partial charge in [0.25, 0.3) is 0 Å². The van der Waals surface area contributed by atoms with Gasteiger partial charge in [-0.2, -0.15) is 9.90 Å². The minimum Gasteiger partial charge on any atom is -0.381 e. The van der Waals surface area contributed by atoms with E-state index >= 15 is 0 Å². The molecule has 1 heterocycles. The van der Waals surface area contributed by atoms with Crippen LogP contribution in [0.4, 0.5) is 5.82 Å². The zero-order valence-electron chi connectivity index (χ0n) is 6.78. The van der Waals surface area contributed by atoms with Crippen LogP contribution in [0.15, 0.2) is 6.20 Å². The van der Waals surface area contributed by atoms with Gasteiger partial charge >= 0.3 is 0 Å². The lowest BCUT2D eigenvalue weighted by Gasteiger charge is -2.16. The quantitative estimate of drug-likeness (QED) is 0.608. The molecule has 1 rings (SSSR count). The maximum Gasteiger partial charge on any atom is 0.165 e. The van der Waals surface area contributed by atoms with Crippen molar-refractivity contribution in [3.8, 4) is 0 Å². The number of hydrogen-bond acceptors (Lipinski definition) is 4. The number of nitrogens with zero attached hydrogens (tertiary/aromatic N) is 3. The van der Waals surface area contributed by atoms with Gasteiger partial charge < -0.3 is 11.5 Å². The average molecular weight is 155 g/mol. The summed E-state index contributed by atoms with van der Waals surface area (Å²) in [6, 6.07) is 0. The zero-order valence-corrected chi connectivity index (χ0v) is 6.78. The fourth-order valence-corrected chi connectivity index (χ4v) is 0.751. The third-order valence-electron chi connectivity index (χ3n) is 1.10. The van der Waals surface area contributed by atoms with Crippen molar-refractivity contribution in [1.82, 2.24) is 15.0 Å². The lowest BCUT2D eigenvalue weighted by molar-refractivity contribution is 0.378. The minimum atomic E-state index is -0.300. The molecule has 4 N–H and O–H groups in total. The maximum atomic E-state index is 5.74. The molecule has 0 radical (unpaired) electrons. The van der Waals surface area contributed by atoms with Crippen LogP contribution < -0.4 is 11.5 Å². The van der Waals surface area contributed by atoms with Gasteiger partial charge in [-0.25, -0.2) is 0 Å². The summed E-state index contributed by atoms with van der Waals surface area (Å²) in [4.78, 5) is 1.50. The van der Waals surface area contributed by atoms with Gasteiger partial charge in [-0.05, 0) is 13.8 Å². The van der Waals surface area contributed by atoms with Gasteiger partial charge in [0, 0.05) is 5.54 Å². The first-order chi connectivity index (χ1) is 4.97. The van der Waals surface area contributed by atoms with Crippen molar-refractivity contribution in [3.05, 3.63) is 6.20 Å². The number of nitrogen functional groups attached to an aromatic ring is 1. The molecule has 5 nitrogen and oxygen atoms in total. The molecule has 11 heavy (non-hydrogen) atoms. The van der Waals surface area contributed by atoms with Crippen molar-refractivity contribution in [2.24, 2.45) is 5.73 Å².